The highest BCUT2D eigenvalue weighted by Crippen LogP contribution is 2.34. The Bertz CT molecular complexity index is 735. The van der Waals surface area contributed by atoms with Crippen molar-refractivity contribution in [2.24, 2.45) is 0 Å². The van der Waals surface area contributed by atoms with E-state index < -0.39 is 0 Å². The number of ether oxygens (including phenoxy) is 2. The molecule has 2 amide bonds. The Balaban J connectivity index is 1.30. The van der Waals surface area contributed by atoms with Crippen molar-refractivity contribution in [1.29, 1.82) is 0 Å². The van der Waals surface area contributed by atoms with Crippen LogP contribution in [0.3, 0.4) is 0 Å². The van der Waals surface area contributed by atoms with Crippen LogP contribution in [0.4, 0.5) is 4.79 Å². The molecule has 2 aliphatic rings. The summed E-state index contributed by atoms with van der Waals surface area (Å²) in [6, 6.07) is 9.62. The van der Waals surface area contributed by atoms with E-state index in [4.69, 9.17) is 13.9 Å². The summed E-state index contributed by atoms with van der Waals surface area (Å²) in [6.07, 6.45) is 2.60. The summed E-state index contributed by atoms with van der Waals surface area (Å²) in [5.74, 6) is 3.39. The monoisotopic (exact) mass is 360 g/mol. The van der Waals surface area contributed by atoms with Crippen LogP contribution < -0.4 is 14.8 Å². The van der Waals surface area contributed by atoms with Crippen molar-refractivity contribution >= 4 is 17.8 Å². The van der Waals surface area contributed by atoms with Gasteiger partial charge in [0.2, 0.25) is 6.79 Å². The Hall–Kier alpha value is -2.28. The third kappa shape index (κ3) is 3.71. The molecular formula is C18H20N2O4S. The summed E-state index contributed by atoms with van der Waals surface area (Å²) >= 11 is 1.85. The largest absolute Gasteiger partial charge is 0.468 e. The number of carbonyl (C=O) groups is 1. The van der Waals surface area contributed by atoms with E-state index in [0.29, 0.717) is 11.8 Å². The van der Waals surface area contributed by atoms with Crippen molar-refractivity contribution < 1.29 is 18.7 Å². The third-order valence-electron chi connectivity index (χ3n) is 4.37. The van der Waals surface area contributed by atoms with Gasteiger partial charge in [-0.3, -0.25) is 0 Å². The van der Waals surface area contributed by atoms with E-state index in [1.807, 2.05) is 47.0 Å². The predicted octanol–water partition coefficient (Wildman–Crippen LogP) is 3.40. The summed E-state index contributed by atoms with van der Waals surface area (Å²) in [7, 11) is 0. The van der Waals surface area contributed by atoms with Crippen molar-refractivity contribution in [1.82, 2.24) is 10.2 Å². The van der Waals surface area contributed by atoms with Gasteiger partial charge < -0.3 is 24.1 Å². The van der Waals surface area contributed by atoms with E-state index in [1.165, 1.54) is 0 Å². The zero-order chi connectivity index (χ0) is 17.1. The number of furan rings is 1. The van der Waals surface area contributed by atoms with Gasteiger partial charge in [0.15, 0.2) is 11.5 Å². The number of urea groups is 1. The van der Waals surface area contributed by atoms with Crippen molar-refractivity contribution in [2.75, 3.05) is 25.6 Å². The zero-order valence-electron chi connectivity index (χ0n) is 13.8. The zero-order valence-corrected chi connectivity index (χ0v) is 14.6. The highest BCUT2D eigenvalue weighted by Gasteiger charge is 2.23. The molecule has 1 saturated heterocycles. The number of amides is 2. The molecule has 1 aromatic carbocycles. The highest BCUT2D eigenvalue weighted by atomic mass is 32.2. The van der Waals surface area contributed by atoms with Gasteiger partial charge in [0.25, 0.3) is 0 Å². The van der Waals surface area contributed by atoms with Gasteiger partial charge in [0.1, 0.15) is 5.76 Å². The van der Waals surface area contributed by atoms with E-state index in [0.717, 1.165) is 48.1 Å². The number of benzene rings is 1. The molecule has 25 heavy (non-hydrogen) atoms. The van der Waals surface area contributed by atoms with Crippen LogP contribution in [0, 0.1) is 0 Å². The normalized spacial score (nSPS) is 19.5. The quantitative estimate of drug-likeness (QED) is 0.909. The summed E-state index contributed by atoms with van der Waals surface area (Å²) in [5, 5.41) is 3.32. The maximum atomic E-state index is 12.5. The fourth-order valence-electron chi connectivity index (χ4n) is 3.02. The van der Waals surface area contributed by atoms with Crippen LogP contribution in [0.1, 0.15) is 23.0 Å². The molecule has 132 valence electrons. The van der Waals surface area contributed by atoms with Gasteiger partial charge in [-0.25, -0.2) is 4.79 Å². The molecule has 1 atom stereocenters. The summed E-state index contributed by atoms with van der Waals surface area (Å²) < 4.78 is 16.2. The fourth-order valence-corrected chi connectivity index (χ4v) is 4.20. The average molecular weight is 360 g/mol. The second kappa shape index (κ2) is 7.31. The molecular weight excluding hydrogens is 340 g/mol. The lowest BCUT2D eigenvalue weighted by molar-refractivity contribution is 0.174. The number of hydrogen-bond acceptors (Lipinski definition) is 5. The maximum Gasteiger partial charge on any atom is 0.317 e. The molecule has 0 spiro atoms. The summed E-state index contributed by atoms with van der Waals surface area (Å²) in [5.41, 5.74) is 0.996. The number of nitrogens with one attached hydrogen (secondary N) is 1. The van der Waals surface area contributed by atoms with E-state index >= 15 is 0 Å². The van der Waals surface area contributed by atoms with E-state index in [1.54, 1.807) is 6.26 Å². The first kappa shape index (κ1) is 16.2. The van der Waals surface area contributed by atoms with Crippen molar-refractivity contribution in [3.05, 3.63) is 47.9 Å². The molecule has 6 nitrogen and oxygen atoms in total. The maximum absolute atomic E-state index is 12.5. The fraction of sp³-hybridized carbons (Fsp3) is 0.389. The number of thioether (sulfide) groups is 1. The number of fused-ring (bicyclic) bond motifs is 1. The lowest BCUT2D eigenvalue weighted by Crippen LogP contribution is -2.40. The molecule has 1 fully saturated rings. The smallest absolute Gasteiger partial charge is 0.317 e. The lowest BCUT2D eigenvalue weighted by atomic mass is 10.2. The highest BCUT2D eigenvalue weighted by molar-refractivity contribution is 7.99. The molecule has 1 unspecified atom stereocenters. The van der Waals surface area contributed by atoms with Crippen LogP contribution in [-0.4, -0.2) is 36.6 Å². The molecule has 4 rings (SSSR count). The van der Waals surface area contributed by atoms with Crippen LogP contribution in [-0.2, 0) is 6.54 Å². The molecule has 0 saturated carbocycles. The topological polar surface area (TPSA) is 63.9 Å². The first-order valence-electron chi connectivity index (χ1n) is 8.36. The van der Waals surface area contributed by atoms with Gasteiger partial charge in [-0.15, -0.1) is 11.8 Å². The third-order valence-corrected chi connectivity index (χ3v) is 5.66. The molecule has 0 bridgehead atoms. The SMILES string of the molecule is O=C(NCc1ccc2c(c1)OCO2)N1CCSC(c2ccco2)CC1. The minimum absolute atomic E-state index is 0.0293. The Kier molecular flexibility index (Phi) is 4.74. The van der Waals surface area contributed by atoms with Gasteiger partial charge in [-0.2, -0.15) is 0 Å². The van der Waals surface area contributed by atoms with E-state index in [2.05, 4.69) is 5.32 Å². The second-order valence-corrected chi connectivity index (χ2v) is 7.31. The Morgan fingerprint density at radius 3 is 3.04 bits per heavy atom. The number of nitrogens with zero attached hydrogens (tertiary/aromatic N) is 1. The second-order valence-electron chi connectivity index (χ2n) is 6.00. The summed E-state index contributed by atoms with van der Waals surface area (Å²) in [6.45, 7) is 2.20. The molecule has 7 heteroatoms. The minimum Gasteiger partial charge on any atom is -0.468 e. The molecule has 3 heterocycles. The Morgan fingerprint density at radius 2 is 2.16 bits per heavy atom. The van der Waals surface area contributed by atoms with Gasteiger partial charge in [0.05, 0.1) is 11.5 Å². The molecule has 0 aliphatic carbocycles. The van der Waals surface area contributed by atoms with E-state index in [9.17, 15) is 4.79 Å². The first-order chi connectivity index (χ1) is 12.3. The lowest BCUT2D eigenvalue weighted by Gasteiger charge is -2.20. The van der Waals surface area contributed by atoms with Crippen LogP contribution in [0.15, 0.2) is 41.0 Å². The Morgan fingerprint density at radius 1 is 1.24 bits per heavy atom. The van der Waals surface area contributed by atoms with Crippen LogP contribution >= 0.6 is 11.8 Å². The molecule has 2 aromatic rings. The molecule has 1 N–H and O–H groups in total. The molecule has 0 radical (unpaired) electrons. The first-order valence-corrected chi connectivity index (χ1v) is 9.41. The average Bonchev–Trinajstić information content (AvgIpc) is 3.27. The predicted molar refractivity (Wildman–Crippen MR) is 94.9 cm³/mol. The minimum atomic E-state index is -0.0293. The standard InChI is InChI=1S/C18H20N2O4S/c21-18(19-11-13-3-4-14-16(10-13)24-12-23-14)20-6-5-17(25-9-7-20)15-2-1-8-22-15/h1-4,8,10,17H,5-7,9,11-12H2,(H,19,21). The van der Waals surface area contributed by atoms with Gasteiger partial charge in [-0.05, 0) is 36.2 Å². The van der Waals surface area contributed by atoms with Gasteiger partial charge in [-0.1, -0.05) is 6.07 Å². The molecule has 1 aromatic heterocycles. The number of rotatable bonds is 3. The van der Waals surface area contributed by atoms with Gasteiger partial charge >= 0.3 is 6.03 Å². The van der Waals surface area contributed by atoms with E-state index in [-0.39, 0.29) is 12.8 Å². The number of hydrogen-bond donors (Lipinski definition) is 1. The van der Waals surface area contributed by atoms with Crippen molar-refractivity contribution in [2.45, 2.75) is 18.2 Å². The van der Waals surface area contributed by atoms with Crippen molar-refractivity contribution in [3.63, 3.8) is 0 Å². The van der Waals surface area contributed by atoms with Crippen LogP contribution in [0.5, 0.6) is 11.5 Å². The van der Waals surface area contributed by atoms with Crippen molar-refractivity contribution in [3.8, 4) is 11.5 Å². The Labute approximate surface area is 150 Å². The van der Waals surface area contributed by atoms with Crippen LogP contribution in [0.2, 0.25) is 0 Å². The van der Waals surface area contributed by atoms with Gasteiger partial charge in [0, 0.05) is 25.4 Å². The molecule has 2 aliphatic heterocycles. The summed E-state index contributed by atoms with van der Waals surface area (Å²) in [4.78, 5) is 14.4. The number of carbonyl (C=O) groups excluding carboxylic acids is 1. The van der Waals surface area contributed by atoms with Crippen LogP contribution in [0.25, 0.3) is 0 Å².